The SMILES string of the molecule is CCOCCOc1ccccc1C(=O)N1CCCN(c2ccc(C(F)(F)F)cn2)CC1. The molecule has 1 aliphatic heterocycles. The van der Waals surface area contributed by atoms with Crippen LogP contribution in [0.2, 0.25) is 0 Å². The predicted octanol–water partition coefficient (Wildman–Crippen LogP) is 3.87. The van der Waals surface area contributed by atoms with E-state index in [2.05, 4.69) is 4.98 Å². The molecule has 31 heavy (non-hydrogen) atoms. The first-order valence-electron chi connectivity index (χ1n) is 10.3. The molecule has 1 fully saturated rings. The third-order valence-corrected chi connectivity index (χ3v) is 4.99. The number of alkyl halides is 3. The molecule has 2 heterocycles. The normalized spacial score (nSPS) is 15.0. The van der Waals surface area contributed by atoms with E-state index in [0.29, 0.717) is 69.6 Å². The Morgan fingerprint density at radius 3 is 2.58 bits per heavy atom. The van der Waals surface area contributed by atoms with Crippen LogP contribution in [0.3, 0.4) is 0 Å². The summed E-state index contributed by atoms with van der Waals surface area (Å²) in [6.45, 7) is 5.37. The second-order valence-electron chi connectivity index (χ2n) is 7.08. The number of hydrogen-bond donors (Lipinski definition) is 0. The fraction of sp³-hybridized carbons (Fsp3) is 0.455. The molecule has 0 unspecified atom stereocenters. The number of halogens is 3. The standard InChI is InChI=1S/C22H26F3N3O3/c1-2-30-14-15-31-19-7-4-3-6-18(19)21(29)28-11-5-10-27(12-13-28)20-9-8-17(16-26-20)22(23,24)25/h3-4,6-9,16H,2,5,10-15H2,1H3. The smallest absolute Gasteiger partial charge is 0.417 e. The minimum absolute atomic E-state index is 0.130. The molecule has 0 radical (unpaired) electrons. The van der Waals surface area contributed by atoms with Crippen LogP contribution in [0.5, 0.6) is 5.75 Å². The molecule has 1 aliphatic rings. The molecule has 1 aromatic carbocycles. The lowest BCUT2D eigenvalue weighted by molar-refractivity contribution is -0.137. The van der Waals surface area contributed by atoms with Crippen LogP contribution in [0.15, 0.2) is 42.6 Å². The Morgan fingerprint density at radius 2 is 1.87 bits per heavy atom. The Balaban J connectivity index is 1.64. The van der Waals surface area contributed by atoms with Gasteiger partial charge < -0.3 is 19.3 Å². The summed E-state index contributed by atoms with van der Waals surface area (Å²) in [5.41, 5.74) is -0.288. The summed E-state index contributed by atoms with van der Waals surface area (Å²) in [7, 11) is 0. The number of nitrogens with zero attached hydrogens (tertiary/aromatic N) is 3. The van der Waals surface area contributed by atoms with Gasteiger partial charge in [-0.05, 0) is 37.6 Å². The highest BCUT2D eigenvalue weighted by Crippen LogP contribution is 2.29. The number of pyridine rings is 1. The second-order valence-corrected chi connectivity index (χ2v) is 7.08. The van der Waals surface area contributed by atoms with Gasteiger partial charge in [-0.15, -0.1) is 0 Å². The molecule has 6 nitrogen and oxygen atoms in total. The fourth-order valence-corrected chi connectivity index (χ4v) is 3.38. The number of rotatable bonds is 7. The third-order valence-electron chi connectivity index (χ3n) is 4.99. The number of carbonyl (C=O) groups excluding carboxylic acids is 1. The first-order valence-corrected chi connectivity index (χ1v) is 10.3. The van der Waals surface area contributed by atoms with Crippen LogP contribution in [-0.2, 0) is 10.9 Å². The lowest BCUT2D eigenvalue weighted by Gasteiger charge is -2.23. The van der Waals surface area contributed by atoms with Crippen LogP contribution in [0, 0.1) is 0 Å². The van der Waals surface area contributed by atoms with Gasteiger partial charge in [0.1, 0.15) is 18.2 Å². The highest BCUT2D eigenvalue weighted by Gasteiger charge is 2.31. The average molecular weight is 437 g/mol. The number of aromatic nitrogens is 1. The number of benzene rings is 1. The van der Waals surface area contributed by atoms with Crippen LogP contribution in [-0.4, -0.2) is 61.8 Å². The van der Waals surface area contributed by atoms with Crippen LogP contribution in [0.25, 0.3) is 0 Å². The minimum Gasteiger partial charge on any atom is -0.490 e. The van der Waals surface area contributed by atoms with Gasteiger partial charge in [0.2, 0.25) is 0 Å². The predicted molar refractivity (Wildman–Crippen MR) is 110 cm³/mol. The molecule has 0 aliphatic carbocycles. The second kappa shape index (κ2) is 10.5. The van der Waals surface area contributed by atoms with Crippen molar-refractivity contribution in [2.45, 2.75) is 19.5 Å². The highest BCUT2D eigenvalue weighted by atomic mass is 19.4. The topological polar surface area (TPSA) is 54.9 Å². The first-order chi connectivity index (χ1) is 14.9. The van der Waals surface area contributed by atoms with Crippen molar-refractivity contribution in [3.63, 3.8) is 0 Å². The number of hydrogen-bond acceptors (Lipinski definition) is 5. The summed E-state index contributed by atoms with van der Waals surface area (Å²) >= 11 is 0. The van der Waals surface area contributed by atoms with E-state index in [1.165, 1.54) is 6.07 Å². The van der Waals surface area contributed by atoms with Crippen molar-refractivity contribution in [1.29, 1.82) is 0 Å². The molecule has 0 saturated carbocycles. The van der Waals surface area contributed by atoms with E-state index in [0.717, 1.165) is 12.3 Å². The van der Waals surface area contributed by atoms with Crippen molar-refractivity contribution in [2.75, 3.05) is 50.9 Å². The lowest BCUT2D eigenvalue weighted by atomic mass is 10.1. The van der Waals surface area contributed by atoms with Crippen LogP contribution >= 0.6 is 0 Å². The van der Waals surface area contributed by atoms with Gasteiger partial charge in [-0.3, -0.25) is 4.79 Å². The number of amides is 1. The molecule has 1 aromatic heterocycles. The van der Waals surface area contributed by atoms with Gasteiger partial charge in [-0.1, -0.05) is 12.1 Å². The fourth-order valence-electron chi connectivity index (χ4n) is 3.38. The average Bonchev–Trinajstić information content (AvgIpc) is 3.02. The third kappa shape index (κ3) is 6.10. The Labute approximate surface area is 179 Å². The zero-order valence-electron chi connectivity index (χ0n) is 17.4. The molecular formula is C22H26F3N3O3. The molecule has 1 amide bonds. The van der Waals surface area contributed by atoms with E-state index in [9.17, 15) is 18.0 Å². The quantitative estimate of drug-likeness (QED) is 0.616. The molecule has 0 atom stereocenters. The molecular weight excluding hydrogens is 411 g/mol. The Hall–Kier alpha value is -2.81. The van der Waals surface area contributed by atoms with Crippen molar-refractivity contribution in [1.82, 2.24) is 9.88 Å². The van der Waals surface area contributed by atoms with Gasteiger partial charge >= 0.3 is 6.18 Å². The summed E-state index contributed by atoms with van der Waals surface area (Å²) in [6, 6.07) is 9.51. The number of carbonyl (C=O) groups is 1. The van der Waals surface area contributed by atoms with Gasteiger partial charge in [-0.25, -0.2) is 4.98 Å². The van der Waals surface area contributed by atoms with E-state index < -0.39 is 11.7 Å². The number of anilines is 1. The number of ether oxygens (including phenoxy) is 2. The zero-order chi connectivity index (χ0) is 22.3. The van der Waals surface area contributed by atoms with E-state index in [1.54, 1.807) is 23.1 Å². The van der Waals surface area contributed by atoms with E-state index in [1.807, 2.05) is 17.9 Å². The summed E-state index contributed by atoms with van der Waals surface area (Å²) in [5.74, 6) is 0.855. The lowest BCUT2D eigenvalue weighted by Crippen LogP contribution is -2.35. The van der Waals surface area contributed by atoms with Gasteiger partial charge in [0.05, 0.1) is 17.7 Å². The molecule has 1 saturated heterocycles. The van der Waals surface area contributed by atoms with Crippen molar-refractivity contribution in [3.8, 4) is 5.75 Å². The first kappa shape index (κ1) is 22.9. The van der Waals surface area contributed by atoms with Crippen LogP contribution < -0.4 is 9.64 Å². The molecule has 0 N–H and O–H groups in total. The Kier molecular flexibility index (Phi) is 7.73. The summed E-state index contributed by atoms with van der Waals surface area (Å²) in [4.78, 5) is 20.7. The highest BCUT2D eigenvalue weighted by molar-refractivity contribution is 5.97. The van der Waals surface area contributed by atoms with Crippen molar-refractivity contribution in [2.24, 2.45) is 0 Å². The minimum atomic E-state index is -4.41. The van der Waals surface area contributed by atoms with Gasteiger partial charge in [0, 0.05) is 39.0 Å². The van der Waals surface area contributed by atoms with Gasteiger partial charge in [0.25, 0.3) is 5.91 Å². The maximum Gasteiger partial charge on any atom is 0.417 e. The van der Waals surface area contributed by atoms with Crippen molar-refractivity contribution >= 4 is 11.7 Å². The maximum absolute atomic E-state index is 13.1. The Morgan fingerprint density at radius 1 is 1.06 bits per heavy atom. The van der Waals surface area contributed by atoms with Gasteiger partial charge in [0.15, 0.2) is 0 Å². The van der Waals surface area contributed by atoms with Crippen molar-refractivity contribution < 1.29 is 27.4 Å². The molecule has 168 valence electrons. The maximum atomic E-state index is 13.1. The molecule has 9 heteroatoms. The molecule has 3 rings (SSSR count). The number of para-hydroxylation sites is 1. The van der Waals surface area contributed by atoms with E-state index >= 15 is 0 Å². The summed E-state index contributed by atoms with van der Waals surface area (Å²) in [6.07, 6.45) is -2.88. The van der Waals surface area contributed by atoms with Crippen LogP contribution in [0.1, 0.15) is 29.3 Å². The molecule has 0 bridgehead atoms. The largest absolute Gasteiger partial charge is 0.490 e. The van der Waals surface area contributed by atoms with Crippen molar-refractivity contribution in [3.05, 3.63) is 53.7 Å². The Bertz CT molecular complexity index is 859. The summed E-state index contributed by atoms with van der Waals surface area (Å²) in [5, 5.41) is 0. The van der Waals surface area contributed by atoms with Gasteiger partial charge in [-0.2, -0.15) is 13.2 Å². The van der Waals surface area contributed by atoms with E-state index in [4.69, 9.17) is 9.47 Å². The van der Waals surface area contributed by atoms with Crippen LogP contribution in [0.4, 0.5) is 19.0 Å². The zero-order valence-corrected chi connectivity index (χ0v) is 17.4. The molecule has 0 spiro atoms. The molecule has 2 aromatic rings. The van der Waals surface area contributed by atoms with E-state index in [-0.39, 0.29) is 5.91 Å². The monoisotopic (exact) mass is 437 g/mol. The summed E-state index contributed by atoms with van der Waals surface area (Å²) < 4.78 is 49.3.